The van der Waals surface area contributed by atoms with Crippen molar-refractivity contribution in [3.05, 3.63) is 0 Å². The van der Waals surface area contributed by atoms with Crippen LogP contribution in [0.1, 0.15) is 65.7 Å². The molecule has 1 unspecified atom stereocenters. The monoisotopic (exact) mass is 239 g/mol. The molecule has 0 aromatic rings. The molecule has 0 bridgehead atoms. The number of carbonyl (C=O) groups excluding carboxylic acids is 1. The van der Waals surface area contributed by atoms with Crippen molar-refractivity contribution in [2.75, 3.05) is 13.1 Å². The second-order valence-electron chi connectivity index (χ2n) is 5.62. The van der Waals surface area contributed by atoms with Crippen LogP contribution < -0.4 is 5.32 Å². The largest absolute Gasteiger partial charge is 0.316 e. The minimum atomic E-state index is -0.0322. The number of rotatable bonds is 7. The van der Waals surface area contributed by atoms with Crippen molar-refractivity contribution in [2.24, 2.45) is 11.3 Å². The van der Waals surface area contributed by atoms with Gasteiger partial charge in [-0.1, -0.05) is 40.0 Å². The highest BCUT2D eigenvalue weighted by molar-refractivity contribution is 5.85. The van der Waals surface area contributed by atoms with Crippen molar-refractivity contribution in [1.82, 2.24) is 5.32 Å². The lowest BCUT2D eigenvalue weighted by atomic mass is 9.71. The minimum absolute atomic E-state index is 0.0322. The first-order valence-electron chi connectivity index (χ1n) is 7.42. The molecule has 1 fully saturated rings. The molecular formula is C15H29NO. The molecule has 1 heterocycles. The summed E-state index contributed by atoms with van der Waals surface area (Å²) in [5.41, 5.74) is -0.0322. The van der Waals surface area contributed by atoms with Gasteiger partial charge in [-0.2, -0.15) is 0 Å². The third kappa shape index (κ3) is 3.80. The summed E-state index contributed by atoms with van der Waals surface area (Å²) in [4.78, 5) is 12.6. The van der Waals surface area contributed by atoms with E-state index in [9.17, 15) is 4.79 Å². The third-order valence-corrected chi connectivity index (χ3v) is 4.42. The van der Waals surface area contributed by atoms with Crippen LogP contribution in [0.15, 0.2) is 0 Å². The Morgan fingerprint density at radius 2 is 2.00 bits per heavy atom. The maximum Gasteiger partial charge on any atom is 0.140 e. The summed E-state index contributed by atoms with van der Waals surface area (Å²) in [6.45, 7) is 8.60. The van der Waals surface area contributed by atoms with Crippen molar-refractivity contribution in [1.29, 1.82) is 0 Å². The SMILES string of the molecule is CCCC1(C(=O)CC(CC)CC)CCCNC1. The number of carbonyl (C=O) groups is 1. The zero-order valence-electron chi connectivity index (χ0n) is 11.8. The van der Waals surface area contributed by atoms with Gasteiger partial charge in [0.1, 0.15) is 5.78 Å². The highest BCUT2D eigenvalue weighted by Crippen LogP contribution is 2.35. The summed E-state index contributed by atoms with van der Waals surface area (Å²) in [5, 5.41) is 3.43. The molecule has 2 nitrogen and oxygen atoms in total. The smallest absolute Gasteiger partial charge is 0.140 e. The first-order chi connectivity index (χ1) is 8.18. The fourth-order valence-electron chi connectivity index (χ4n) is 3.09. The van der Waals surface area contributed by atoms with Crippen molar-refractivity contribution >= 4 is 5.78 Å². The topological polar surface area (TPSA) is 29.1 Å². The van der Waals surface area contributed by atoms with Gasteiger partial charge in [0.05, 0.1) is 0 Å². The molecule has 1 aliphatic heterocycles. The van der Waals surface area contributed by atoms with Crippen LogP contribution in [0.3, 0.4) is 0 Å². The Hall–Kier alpha value is -0.370. The summed E-state index contributed by atoms with van der Waals surface area (Å²) in [6.07, 6.45) is 7.53. The Balaban J connectivity index is 2.65. The van der Waals surface area contributed by atoms with Gasteiger partial charge in [0.2, 0.25) is 0 Å². The van der Waals surface area contributed by atoms with Gasteiger partial charge in [-0.15, -0.1) is 0 Å². The molecule has 0 aliphatic carbocycles. The molecular weight excluding hydrogens is 210 g/mol. The molecule has 1 rings (SSSR count). The van der Waals surface area contributed by atoms with Crippen LogP contribution in [-0.4, -0.2) is 18.9 Å². The number of ketones is 1. The van der Waals surface area contributed by atoms with E-state index >= 15 is 0 Å². The molecule has 0 spiro atoms. The zero-order chi connectivity index (χ0) is 12.7. The van der Waals surface area contributed by atoms with E-state index in [4.69, 9.17) is 0 Å². The van der Waals surface area contributed by atoms with Gasteiger partial charge < -0.3 is 5.32 Å². The second kappa shape index (κ2) is 7.15. The summed E-state index contributed by atoms with van der Waals surface area (Å²) in [5.74, 6) is 1.12. The predicted molar refractivity (Wildman–Crippen MR) is 73.1 cm³/mol. The molecule has 1 saturated heterocycles. The Labute approximate surface area is 107 Å². The summed E-state index contributed by atoms with van der Waals surface area (Å²) in [6, 6.07) is 0. The highest BCUT2D eigenvalue weighted by Gasteiger charge is 2.38. The quantitative estimate of drug-likeness (QED) is 0.736. The van der Waals surface area contributed by atoms with Gasteiger partial charge in [0.25, 0.3) is 0 Å². The highest BCUT2D eigenvalue weighted by atomic mass is 16.1. The van der Waals surface area contributed by atoms with E-state index in [1.807, 2.05) is 0 Å². The molecule has 1 atom stereocenters. The summed E-state index contributed by atoms with van der Waals surface area (Å²) >= 11 is 0. The predicted octanol–water partition coefficient (Wildman–Crippen LogP) is 3.55. The number of piperidine rings is 1. The Kier molecular flexibility index (Phi) is 6.18. The molecule has 100 valence electrons. The summed E-state index contributed by atoms with van der Waals surface area (Å²) in [7, 11) is 0. The Morgan fingerprint density at radius 1 is 1.29 bits per heavy atom. The Bertz CT molecular complexity index is 222. The van der Waals surface area contributed by atoms with E-state index in [1.54, 1.807) is 0 Å². The molecule has 0 aromatic heterocycles. The van der Waals surface area contributed by atoms with Crippen molar-refractivity contribution in [3.8, 4) is 0 Å². The lowest BCUT2D eigenvalue weighted by Gasteiger charge is -2.37. The van der Waals surface area contributed by atoms with Crippen LogP contribution >= 0.6 is 0 Å². The van der Waals surface area contributed by atoms with E-state index in [1.165, 1.54) is 0 Å². The maximum absolute atomic E-state index is 12.6. The average molecular weight is 239 g/mol. The number of Topliss-reactive ketones (excluding diaryl/α,β-unsaturated/α-hetero) is 1. The number of hydrogen-bond donors (Lipinski definition) is 1. The normalized spacial score (nSPS) is 25.2. The molecule has 1 N–H and O–H groups in total. The molecule has 0 radical (unpaired) electrons. The van der Waals surface area contributed by atoms with Gasteiger partial charge in [0, 0.05) is 18.4 Å². The van der Waals surface area contributed by atoms with Crippen LogP contribution in [0.4, 0.5) is 0 Å². The van der Waals surface area contributed by atoms with Gasteiger partial charge >= 0.3 is 0 Å². The molecule has 0 aromatic carbocycles. The van der Waals surface area contributed by atoms with Crippen LogP contribution in [0.5, 0.6) is 0 Å². The van der Waals surface area contributed by atoms with Crippen LogP contribution in [0.25, 0.3) is 0 Å². The molecule has 0 amide bonds. The van der Waals surface area contributed by atoms with Crippen molar-refractivity contribution < 1.29 is 4.79 Å². The zero-order valence-corrected chi connectivity index (χ0v) is 11.8. The number of nitrogens with one attached hydrogen (secondary N) is 1. The summed E-state index contributed by atoms with van der Waals surface area (Å²) < 4.78 is 0. The van der Waals surface area contributed by atoms with Gasteiger partial charge in [-0.25, -0.2) is 0 Å². The van der Waals surface area contributed by atoms with E-state index < -0.39 is 0 Å². The second-order valence-corrected chi connectivity index (χ2v) is 5.62. The Morgan fingerprint density at radius 3 is 2.47 bits per heavy atom. The fourth-order valence-corrected chi connectivity index (χ4v) is 3.09. The standard InChI is InChI=1S/C15H29NO/c1-4-8-15(9-7-10-16-12-15)14(17)11-13(5-2)6-3/h13,16H,4-12H2,1-3H3. The van der Waals surface area contributed by atoms with E-state index in [0.29, 0.717) is 11.7 Å². The lowest BCUT2D eigenvalue weighted by molar-refractivity contribution is -0.131. The molecule has 0 saturated carbocycles. The van der Waals surface area contributed by atoms with E-state index in [2.05, 4.69) is 26.1 Å². The van der Waals surface area contributed by atoms with Crippen molar-refractivity contribution in [3.63, 3.8) is 0 Å². The average Bonchev–Trinajstić information content (AvgIpc) is 2.37. The van der Waals surface area contributed by atoms with Crippen LogP contribution in [-0.2, 0) is 4.79 Å². The first-order valence-corrected chi connectivity index (χ1v) is 7.42. The van der Waals surface area contributed by atoms with Crippen LogP contribution in [0.2, 0.25) is 0 Å². The molecule has 1 aliphatic rings. The lowest BCUT2D eigenvalue weighted by Crippen LogP contribution is -2.46. The van der Waals surface area contributed by atoms with Gasteiger partial charge in [-0.05, 0) is 31.7 Å². The molecule has 2 heteroatoms. The van der Waals surface area contributed by atoms with E-state index in [-0.39, 0.29) is 5.41 Å². The van der Waals surface area contributed by atoms with E-state index in [0.717, 1.165) is 58.0 Å². The van der Waals surface area contributed by atoms with Gasteiger partial charge in [-0.3, -0.25) is 4.79 Å². The van der Waals surface area contributed by atoms with Crippen LogP contribution in [0, 0.1) is 11.3 Å². The number of hydrogen-bond acceptors (Lipinski definition) is 2. The molecule has 17 heavy (non-hydrogen) atoms. The maximum atomic E-state index is 12.6. The first kappa shape index (κ1) is 14.7. The van der Waals surface area contributed by atoms with Gasteiger partial charge in [0.15, 0.2) is 0 Å². The third-order valence-electron chi connectivity index (χ3n) is 4.42. The fraction of sp³-hybridized carbons (Fsp3) is 0.933. The van der Waals surface area contributed by atoms with Crippen molar-refractivity contribution in [2.45, 2.75) is 65.7 Å². The minimum Gasteiger partial charge on any atom is -0.316 e.